The summed E-state index contributed by atoms with van der Waals surface area (Å²) in [6.07, 6.45) is -0.705. The van der Waals surface area contributed by atoms with Gasteiger partial charge >= 0.3 is 0 Å². The molecule has 4 fully saturated rings. The van der Waals surface area contributed by atoms with Gasteiger partial charge in [0.05, 0.1) is 18.3 Å². The predicted molar refractivity (Wildman–Crippen MR) is 191 cm³/mol. The Morgan fingerprint density at radius 1 is 0.898 bits per heavy atom. The van der Waals surface area contributed by atoms with Gasteiger partial charge in [0.1, 0.15) is 12.9 Å². The summed E-state index contributed by atoms with van der Waals surface area (Å²) < 4.78 is 38.7. The van der Waals surface area contributed by atoms with E-state index in [2.05, 4.69) is 102 Å². The van der Waals surface area contributed by atoms with Gasteiger partial charge in [0.25, 0.3) is 8.32 Å². The van der Waals surface area contributed by atoms with Crippen LogP contribution in [-0.4, -0.2) is 84.6 Å². The minimum atomic E-state index is -3.02. The predicted octanol–water partition coefficient (Wildman–Crippen LogP) is 5.19. The van der Waals surface area contributed by atoms with Crippen molar-refractivity contribution in [3.05, 3.63) is 60.7 Å². The van der Waals surface area contributed by atoms with Crippen LogP contribution in [0.5, 0.6) is 0 Å². The molecule has 0 amide bonds. The molecule has 0 unspecified atom stereocenters. The fourth-order valence-corrected chi connectivity index (χ4v) is 16.0. The van der Waals surface area contributed by atoms with Crippen molar-refractivity contribution in [3.63, 3.8) is 0 Å². The van der Waals surface area contributed by atoms with E-state index in [4.69, 9.17) is 28.1 Å². The van der Waals surface area contributed by atoms with Crippen molar-refractivity contribution < 1.29 is 38.0 Å². The molecular weight excluding hydrogens is 637 g/mol. The molecule has 2 aromatic carbocycles. The van der Waals surface area contributed by atoms with Gasteiger partial charge in [-0.15, -0.1) is 0 Å². The van der Waals surface area contributed by atoms with Gasteiger partial charge in [0, 0.05) is 51.1 Å². The molecular formula is C40H58O8Si. The lowest BCUT2D eigenvalue weighted by Crippen LogP contribution is -2.78. The average Bonchev–Trinajstić information content (AvgIpc) is 3.07. The summed E-state index contributed by atoms with van der Waals surface area (Å²) in [6.45, 7) is 13.7. The first-order chi connectivity index (χ1) is 23.3. The van der Waals surface area contributed by atoms with Gasteiger partial charge in [0.15, 0.2) is 12.1 Å². The monoisotopic (exact) mass is 694 g/mol. The van der Waals surface area contributed by atoms with Crippen LogP contribution in [0.3, 0.4) is 0 Å². The second kappa shape index (κ2) is 13.9. The fourth-order valence-electron chi connectivity index (χ4n) is 11.4. The smallest absolute Gasteiger partial charge is 0.261 e. The number of Topliss-reactive ketones (excluding diaryl/α,β-unsaturated/α-hetero) is 1. The number of aliphatic hydroxyl groups is 1. The first-order valence-electron chi connectivity index (χ1n) is 18.1. The van der Waals surface area contributed by atoms with Gasteiger partial charge in [-0.3, -0.25) is 4.79 Å². The first-order valence-corrected chi connectivity index (χ1v) is 20.0. The number of carbonyl (C=O) groups excluding carboxylic acids is 1. The zero-order valence-electron chi connectivity index (χ0n) is 30.9. The molecule has 1 heterocycles. The number of hydrogen-bond donors (Lipinski definition) is 1. The quantitative estimate of drug-likeness (QED) is 0.269. The van der Waals surface area contributed by atoms with Crippen LogP contribution in [0.1, 0.15) is 60.8 Å². The summed E-state index contributed by atoms with van der Waals surface area (Å²) in [5.74, 6) is -0.510. The van der Waals surface area contributed by atoms with Gasteiger partial charge in [-0.25, -0.2) is 0 Å². The summed E-state index contributed by atoms with van der Waals surface area (Å²) in [5.41, 5.74) is -1.44. The van der Waals surface area contributed by atoms with Gasteiger partial charge < -0.3 is 33.2 Å². The topological polar surface area (TPSA) is 92.7 Å². The van der Waals surface area contributed by atoms with Gasteiger partial charge in [-0.1, -0.05) is 102 Å². The van der Waals surface area contributed by atoms with E-state index in [1.807, 2.05) is 0 Å². The van der Waals surface area contributed by atoms with Crippen LogP contribution in [0.25, 0.3) is 0 Å². The summed E-state index contributed by atoms with van der Waals surface area (Å²) >= 11 is 0. The maximum absolute atomic E-state index is 15.4. The normalized spacial score (nSPS) is 39.3. The van der Waals surface area contributed by atoms with E-state index in [1.54, 1.807) is 21.3 Å². The van der Waals surface area contributed by atoms with Crippen LogP contribution >= 0.6 is 0 Å². The van der Waals surface area contributed by atoms with E-state index < -0.39 is 49.7 Å². The van der Waals surface area contributed by atoms with E-state index in [0.717, 1.165) is 6.42 Å². The van der Waals surface area contributed by atoms with Crippen LogP contribution in [0.4, 0.5) is 0 Å². The number of benzene rings is 2. The van der Waals surface area contributed by atoms with E-state index >= 15 is 4.79 Å². The Balaban J connectivity index is 1.59. The van der Waals surface area contributed by atoms with Gasteiger partial charge in [-0.2, -0.15) is 0 Å². The highest BCUT2D eigenvalue weighted by Gasteiger charge is 2.75. The molecule has 0 spiro atoms. The van der Waals surface area contributed by atoms with Crippen LogP contribution in [0.15, 0.2) is 60.7 Å². The Labute approximate surface area is 294 Å². The van der Waals surface area contributed by atoms with Crippen molar-refractivity contribution in [2.75, 3.05) is 34.7 Å². The molecule has 8 nitrogen and oxygen atoms in total. The molecule has 0 radical (unpaired) electrons. The number of hydrogen-bond acceptors (Lipinski definition) is 8. The Bertz CT molecular complexity index is 1390. The summed E-state index contributed by atoms with van der Waals surface area (Å²) in [7, 11) is 1.95. The molecule has 9 heteroatoms. The number of ether oxygens (including phenoxy) is 5. The summed E-state index contributed by atoms with van der Waals surface area (Å²) in [4.78, 5) is 15.4. The molecule has 0 aromatic heterocycles. The summed E-state index contributed by atoms with van der Waals surface area (Å²) in [6, 6.07) is 21.3. The first kappa shape index (κ1) is 36.8. The zero-order valence-corrected chi connectivity index (χ0v) is 31.9. The van der Waals surface area contributed by atoms with Crippen LogP contribution in [0, 0.1) is 40.4 Å². The molecule has 3 aliphatic carbocycles. The van der Waals surface area contributed by atoms with Crippen LogP contribution in [-0.2, 0) is 32.9 Å². The van der Waals surface area contributed by atoms with Crippen molar-refractivity contribution in [2.45, 2.75) is 96.5 Å². The molecule has 1 N–H and O–H groups in total. The fraction of sp³-hybridized carbons (Fsp3) is 0.675. The number of ketones is 1. The van der Waals surface area contributed by atoms with Gasteiger partial charge in [0.2, 0.25) is 0 Å². The Kier molecular flexibility index (Phi) is 10.4. The van der Waals surface area contributed by atoms with Crippen molar-refractivity contribution in [3.8, 4) is 0 Å². The second-order valence-electron chi connectivity index (χ2n) is 16.5. The van der Waals surface area contributed by atoms with Crippen molar-refractivity contribution in [2.24, 2.45) is 40.4 Å². The number of fused-ring (bicyclic) bond motifs is 2. The number of methoxy groups -OCH3 is 3. The van der Waals surface area contributed by atoms with Crippen molar-refractivity contribution in [1.82, 2.24) is 0 Å². The van der Waals surface area contributed by atoms with Crippen LogP contribution in [0.2, 0.25) is 5.04 Å². The Hall–Kier alpha value is -1.95. The van der Waals surface area contributed by atoms with E-state index in [1.165, 1.54) is 10.4 Å². The van der Waals surface area contributed by atoms with Crippen LogP contribution < -0.4 is 10.4 Å². The molecule has 6 rings (SSSR count). The SMILES string of the molecule is COCO[C@H]1C(=O)[C@@H]2[C@@]3(C)[C@H](OC)[C@@H](O)C[C@@H](C)[C@@H]3C[C@H]3O[C@H](OC)C[C@@H]([C@H]1C)[C@@]23CO[Si](c1ccccc1)(c1ccccc1)C(C)(C)C. The number of carbonyl (C=O) groups is 1. The Morgan fingerprint density at radius 3 is 2.04 bits per heavy atom. The minimum Gasteiger partial charge on any atom is -0.407 e. The van der Waals surface area contributed by atoms with E-state index in [9.17, 15) is 5.11 Å². The number of rotatable bonds is 10. The molecule has 270 valence electrons. The third-order valence-electron chi connectivity index (χ3n) is 13.3. The zero-order chi connectivity index (χ0) is 35.4. The molecule has 4 aliphatic rings. The van der Waals surface area contributed by atoms with Gasteiger partial charge in [-0.05, 0) is 51.9 Å². The third-order valence-corrected chi connectivity index (χ3v) is 18.2. The van der Waals surface area contributed by atoms with Crippen molar-refractivity contribution in [1.29, 1.82) is 0 Å². The molecule has 1 aliphatic heterocycles. The molecule has 12 atom stereocenters. The third kappa shape index (κ3) is 5.62. The maximum Gasteiger partial charge on any atom is 0.261 e. The van der Waals surface area contributed by atoms with E-state index in [-0.39, 0.29) is 47.4 Å². The lowest BCUT2D eigenvalue weighted by atomic mass is 9.37. The molecule has 0 bridgehead atoms. The highest BCUT2D eigenvalue weighted by molar-refractivity contribution is 6.99. The highest BCUT2D eigenvalue weighted by atomic mass is 28.4. The molecule has 3 saturated carbocycles. The lowest BCUT2D eigenvalue weighted by Gasteiger charge is -2.71. The lowest BCUT2D eigenvalue weighted by molar-refractivity contribution is -0.334. The number of aliphatic hydroxyl groups excluding tert-OH is 1. The summed E-state index contributed by atoms with van der Waals surface area (Å²) in [5, 5.41) is 13.8. The molecule has 1 saturated heterocycles. The second-order valence-corrected chi connectivity index (χ2v) is 20.8. The Morgan fingerprint density at radius 2 is 1.51 bits per heavy atom. The van der Waals surface area contributed by atoms with Crippen molar-refractivity contribution >= 4 is 24.5 Å². The highest BCUT2D eigenvalue weighted by Crippen LogP contribution is 2.69. The largest absolute Gasteiger partial charge is 0.407 e. The minimum absolute atomic E-state index is 0.0201. The molecule has 49 heavy (non-hydrogen) atoms. The standard InChI is InChI=1S/C40H58O8Si/c1-25-20-31(41)37(45-9)39(6)29(25)21-32-40(30(22-33(44-8)48-32)26(2)35(46-24-43-7)34(42)36(39)40)23-47-49(38(3,4)5,27-16-12-10-13-17-27)28-18-14-11-15-19-28/h10-19,25-26,29-33,35-37,41H,20-24H2,1-9H3/t25-,26-,29+,30+,31+,32-,33+,35-,36-,37-,39+,40-/m1/s1. The molecule has 2 aromatic rings. The average molecular weight is 695 g/mol. The van der Waals surface area contributed by atoms with E-state index in [0.29, 0.717) is 19.4 Å². The maximum atomic E-state index is 15.4.